The van der Waals surface area contributed by atoms with E-state index in [0.29, 0.717) is 13.0 Å². The molecule has 0 aliphatic carbocycles. The zero-order valence-corrected chi connectivity index (χ0v) is 9.99. The van der Waals surface area contributed by atoms with Crippen molar-refractivity contribution in [2.75, 3.05) is 6.61 Å². The molecule has 1 unspecified atom stereocenters. The van der Waals surface area contributed by atoms with Gasteiger partial charge in [0, 0.05) is 0 Å². The van der Waals surface area contributed by atoms with Crippen LogP contribution in [-0.2, 0) is 16.0 Å². The van der Waals surface area contributed by atoms with E-state index in [4.69, 9.17) is 10.5 Å². The minimum Gasteiger partial charge on any atom is -0.465 e. The molecule has 0 saturated carbocycles. The first kappa shape index (κ1) is 13.6. The van der Waals surface area contributed by atoms with Crippen LogP contribution in [0, 0.1) is 5.82 Å². The normalized spacial score (nSPS) is 12.2. The molecule has 0 fully saturated rings. The zero-order chi connectivity index (χ0) is 12.7. The average molecular weight is 239 g/mol. The van der Waals surface area contributed by atoms with Gasteiger partial charge in [0.15, 0.2) is 0 Å². The summed E-state index contributed by atoms with van der Waals surface area (Å²) >= 11 is 0. The highest BCUT2D eigenvalue weighted by molar-refractivity contribution is 5.75. The summed E-state index contributed by atoms with van der Waals surface area (Å²) in [5.41, 5.74) is 6.53. The second-order valence-corrected chi connectivity index (χ2v) is 3.96. The number of ether oxygens (including phenoxy) is 1. The Hall–Kier alpha value is -1.42. The summed E-state index contributed by atoms with van der Waals surface area (Å²) in [6.07, 6.45) is 2.18. The third-order valence-electron chi connectivity index (χ3n) is 2.41. The van der Waals surface area contributed by atoms with E-state index in [1.165, 1.54) is 12.1 Å². The predicted molar refractivity (Wildman–Crippen MR) is 63.9 cm³/mol. The molecule has 3 nitrogen and oxygen atoms in total. The Labute approximate surface area is 101 Å². The Morgan fingerprint density at radius 1 is 1.41 bits per heavy atom. The Morgan fingerprint density at radius 3 is 2.65 bits per heavy atom. The lowest BCUT2D eigenvalue weighted by molar-refractivity contribution is -0.145. The fraction of sp³-hybridized carbons (Fsp3) is 0.462. The number of carbonyl (C=O) groups excluding carboxylic acids is 1. The lowest BCUT2D eigenvalue weighted by Crippen LogP contribution is -2.34. The average Bonchev–Trinajstić information content (AvgIpc) is 2.32. The fourth-order valence-corrected chi connectivity index (χ4v) is 1.38. The number of esters is 1. The van der Waals surface area contributed by atoms with Gasteiger partial charge in [-0.2, -0.15) is 0 Å². The summed E-state index contributed by atoms with van der Waals surface area (Å²) in [6.45, 7) is 2.43. The van der Waals surface area contributed by atoms with Crippen LogP contribution in [0.3, 0.4) is 0 Å². The number of hydrogen-bond donors (Lipinski definition) is 1. The van der Waals surface area contributed by atoms with Crippen LogP contribution in [0.15, 0.2) is 24.3 Å². The van der Waals surface area contributed by atoms with Crippen LogP contribution in [0.25, 0.3) is 0 Å². The smallest absolute Gasteiger partial charge is 0.323 e. The van der Waals surface area contributed by atoms with Gasteiger partial charge in [-0.05, 0) is 30.5 Å². The maximum absolute atomic E-state index is 12.7. The minimum atomic E-state index is -0.683. The second kappa shape index (κ2) is 7.01. The van der Waals surface area contributed by atoms with Gasteiger partial charge in [-0.25, -0.2) is 4.39 Å². The lowest BCUT2D eigenvalue weighted by Gasteiger charge is -2.11. The molecular formula is C13H18FNO2. The highest BCUT2D eigenvalue weighted by atomic mass is 19.1. The van der Waals surface area contributed by atoms with E-state index in [1.54, 1.807) is 12.1 Å². The number of rotatable bonds is 6. The van der Waals surface area contributed by atoms with Gasteiger partial charge in [-0.3, -0.25) is 4.79 Å². The molecule has 0 aromatic heterocycles. The Morgan fingerprint density at radius 2 is 2.06 bits per heavy atom. The zero-order valence-electron chi connectivity index (χ0n) is 9.99. The fourth-order valence-electron chi connectivity index (χ4n) is 1.38. The topological polar surface area (TPSA) is 52.3 Å². The van der Waals surface area contributed by atoms with Crippen LogP contribution < -0.4 is 5.73 Å². The van der Waals surface area contributed by atoms with E-state index in [-0.39, 0.29) is 5.82 Å². The molecular weight excluding hydrogens is 221 g/mol. The molecule has 1 rings (SSSR count). The van der Waals surface area contributed by atoms with Gasteiger partial charge in [-0.1, -0.05) is 25.5 Å². The van der Waals surface area contributed by atoms with Gasteiger partial charge < -0.3 is 10.5 Å². The molecule has 0 bridgehead atoms. The van der Waals surface area contributed by atoms with Crippen molar-refractivity contribution in [2.45, 2.75) is 32.2 Å². The first-order valence-corrected chi connectivity index (χ1v) is 5.80. The first-order valence-electron chi connectivity index (χ1n) is 5.80. The molecule has 1 atom stereocenters. The monoisotopic (exact) mass is 239 g/mol. The van der Waals surface area contributed by atoms with Gasteiger partial charge in [0.2, 0.25) is 0 Å². The van der Waals surface area contributed by atoms with Crippen molar-refractivity contribution in [1.82, 2.24) is 0 Å². The molecule has 17 heavy (non-hydrogen) atoms. The van der Waals surface area contributed by atoms with Crippen LogP contribution in [0.4, 0.5) is 4.39 Å². The van der Waals surface area contributed by atoms with Crippen molar-refractivity contribution in [1.29, 1.82) is 0 Å². The molecule has 0 radical (unpaired) electrons. The molecule has 0 saturated heterocycles. The molecule has 0 heterocycles. The van der Waals surface area contributed by atoms with Crippen molar-refractivity contribution in [3.63, 3.8) is 0 Å². The molecule has 0 aliphatic heterocycles. The van der Waals surface area contributed by atoms with Crippen molar-refractivity contribution < 1.29 is 13.9 Å². The quantitative estimate of drug-likeness (QED) is 0.610. The highest BCUT2D eigenvalue weighted by Crippen LogP contribution is 2.06. The van der Waals surface area contributed by atoms with Gasteiger partial charge in [0.25, 0.3) is 0 Å². The molecule has 4 heteroatoms. The number of halogens is 1. The molecule has 0 amide bonds. The standard InChI is InChI=1S/C13H18FNO2/c1-2-3-8-17-13(16)12(15)9-10-4-6-11(14)7-5-10/h4-7,12H,2-3,8-9,15H2,1H3. The third-order valence-corrected chi connectivity index (χ3v) is 2.41. The Balaban J connectivity index is 2.40. The van der Waals surface area contributed by atoms with E-state index in [0.717, 1.165) is 18.4 Å². The van der Waals surface area contributed by atoms with E-state index in [1.807, 2.05) is 6.92 Å². The summed E-state index contributed by atoms with van der Waals surface area (Å²) in [5, 5.41) is 0. The molecule has 1 aromatic carbocycles. The van der Waals surface area contributed by atoms with E-state index in [9.17, 15) is 9.18 Å². The maximum atomic E-state index is 12.7. The van der Waals surface area contributed by atoms with Crippen LogP contribution in [0.2, 0.25) is 0 Å². The van der Waals surface area contributed by atoms with Gasteiger partial charge in [0.1, 0.15) is 11.9 Å². The van der Waals surface area contributed by atoms with Gasteiger partial charge >= 0.3 is 5.97 Å². The number of unbranched alkanes of at least 4 members (excludes halogenated alkanes) is 1. The summed E-state index contributed by atoms with van der Waals surface area (Å²) in [7, 11) is 0. The largest absolute Gasteiger partial charge is 0.465 e. The van der Waals surface area contributed by atoms with Crippen LogP contribution >= 0.6 is 0 Å². The van der Waals surface area contributed by atoms with Crippen LogP contribution in [0.1, 0.15) is 25.3 Å². The van der Waals surface area contributed by atoms with E-state index < -0.39 is 12.0 Å². The molecule has 2 N–H and O–H groups in total. The second-order valence-electron chi connectivity index (χ2n) is 3.96. The number of benzene rings is 1. The maximum Gasteiger partial charge on any atom is 0.323 e. The van der Waals surface area contributed by atoms with Crippen LogP contribution in [-0.4, -0.2) is 18.6 Å². The van der Waals surface area contributed by atoms with Crippen LogP contribution in [0.5, 0.6) is 0 Å². The summed E-state index contributed by atoms with van der Waals surface area (Å²) in [5.74, 6) is -0.699. The van der Waals surface area contributed by atoms with Crippen molar-refractivity contribution in [2.24, 2.45) is 5.73 Å². The third kappa shape index (κ3) is 4.95. The Kier molecular flexibility index (Phi) is 5.63. The van der Waals surface area contributed by atoms with Gasteiger partial charge in [-0.15, -0.1) is 0 Å². The van der Waals surface area contributed by atoms with Crippen molar-refractivity contribution in [3.05, 3.63) is 35.6 Å². The lowest BCUT2D eigenvalue weighted by atomic mass is 10.1. The highest BCUT2D eigenvalue weighted by Gasteiger charge is 2.15. The summed E-state index contributed by atoms with van der Waals surface area (Å²) < 4.78 is 17.7. The van der Waals surface area contributed by atoms with E-state index in [2.05, 4.69) is 0 Å². The van der Waals surface area contributed by atoms with Gasteiger partial charge in [0.05, 0.1) is 6.61 Å². The predicted octanol–water partition coefficient (Wildman–Crippen LogP) is 2.04. The SMILES string of the molecule is CCCCOC(=O)C(N)Cc1ccc(F)cc1. The molecule has 94 valence electrons. The minimum absolute atomic E-state index is 0.298. The summed E-state index contributed by atoms with van der Waals surface area (Å²) in [6, 6.07) is 5.26. The Bertz CT molecular complexity index is 351. The molecule has 0 aliphatic rings. The molecule has 0 spiro atoms. The van der Waals surface area contributed by atoms with Crippen molar-refractivity contribution >= 4 is 5.97 Å². The number of nitrogens with two attached hydrogens (primary N) is 1. The first-order chi connectivity index (χ1) is 8.13. The van der Waals surface area contributed by atoms with Crippen molar-refractivity contribution in [3.8, 4) is 0 Å². The summed E-state index contributed by atoms with van der Waals surface area (Å²) in [4.78, 5) is 11.5. The molecule has 1 aromatic rings. The number of hydrogen-bond acceptors (Lipinski definition) is 3. The van der Waals surface area contributed by atoms with E-state index >= 15 is 0 Å². The number of carbonyl (C=O) groups is 1.